The van der Waals surface area contributed by atoms with Crippen LogP contribution in [0.5, 0.6) is 0 Å². The molecule has 0 aliphatic heterocycles. The van der Waals surface area contributed by atoms with E-state index < -0.39 is 45.9 Å². The highest BCUT2D eigenvalue weighted by molar-refractivity contribution is 5.97. The summed E-state index contributed by atoms with van der Waals surface area (Å²) in [5.74, 6) is -9.02. The molecule has 2 aromatic carbocycles. The second-order valence-electron chi connectivity index (χ2n) is 4.07. The highest BCUT2D eigenvalue weighted by Crippen LogP contribution is 2.33. The van der Waals surface area contributed by atoms with Gasteiger partial charge in [0, 0.05) is 16.2 Å². The zero-order chi connectivity index (χ0) is 16.4. The summed E-state index contributed by atoms with van der Waals surface area (Å²) in [6.45, 7) is 0. The topological polar surface area (TPSA) is 86.1 Å². The summed E-state index contributed by atoms with van der Waals surface area (Å²) in [5, 5.41) is 12.2. The summed E-state index contributed by atoms with van der Waals surface area (Å²) in [4.78, 5) is 13.6. The molecule has 2 rings (SSSR count). The van der Waals surface area contributed by atoms with Gasteiger partial charge in [-0.1, -0.05) is 11.2 Å². The molecule has 0 aliphatic rings. The largest absolute Gasteiger partial charge is 0.478 e. The maximum atomic E-state index is 13.8. The first kappa shape index (κ1) is 15.3. The van der Waals surface area contributed by atoms with E-state index in [2.05, 4.69) is 10.0 Å². The molecule has 0 bridgehead atoms. The molecule has 5 nitrogen and oxygen atoms in total. The van der Waals surface area contributed by atoms with Gasteiger partial charge in [0.1, 0.15) is 0 Å². The van der Waals surface area contributed by atoms with Gasteiger partial charge in [-0.05, 0) is 29.3 Å². The number of aromatic carboxylic acids is 1. The van der Waals surface area contributed by atoms with Crippen LogP contribution in [0.25, 0.3) is 21.6 Å². The molecule has 0 saturated carbocycles. The summed E-state index contributed by atoms with van der Waals surface area (Å²) in [5.41, 5.74) is 6.48. The van der Waals surface area contributed by atoms with Gasteiger partial charge in [-0.15, -0.1) is 0 Å². The second kappa shape index (κ2) is 5.74. The maximum Gasteiger partial charge on any atom is 0.336 e. The lowest BCUT2D eigenvalue weighted by atomic mass is 9.98. The molecule has 0 amide bonds. The second-order valence-corrected chi connectivity index (χ2v) is 4.07. The Balaban J connectivity index is 2.83. The molecular formula is C13H5F4N3O2. The number of hydrogen-bond donors (Lipinski definition) is 1. The Bertz CT molecular complexity index is 833. The van der Waals surface area contributed by atoms with E-state index >= 15 is 0 Å². The van der Waals surface area contributed by atoms with Crippen LogP contribution in [0.4, 0.5) is 23.2 Å². The molecule has 0 saturated heterocycles. The molecule has 0 aliphatic carbocycles. The summed E-state index contributed by atoms with van der Waals surface area (Å²) >= 11 is 0. The minimum atomic E-state index is -2.07. The maximum absolute atomic E-state index is 13.8. The van der Waals surface area contributed by atoms with Crippen LogP contribution in [0, 0.1) is 23.3 Å². The number of carboxylic acids is 1. The van der Waals surface area contributed by atoms with Gasteiger partial charge < -0.3 is 5.11 Å². The van der Waals surface area contributed by atoms with E-state index in [-0.39, 0.29) is 5.69 Å². The molecule has 0 fully saturated rings. The van der Waals surface area contributed by atoms with Crippen molar-refractivity contribution in [3.8, 4) is 11.1 Å². The lowest BCUT2D eigenvalue weighted by molar-refractivity contribution is 0.0697. The normalized spacial score (nSPS) is 10.2. The van der Waals surface area contributed by atoms with Gasteiger partial charge in [0.15, 0.2) is 23.3 Å². The van der Waals surface area contributed by atoms with Crippen LogP contribution < -0.4 is 0 Å². The smallest absolute Gasteiger partial charge is 0.336 e. The zero-order valence-corrected chi connectivity index (χ0v) is 10.5. The summed E-state index contributed by atoms with van der Waals surface area (Å²) < 4.78 is 53.4. The van der Waals surface area contributed by atoms with Crippen LogP contribution >= 0.6 is 0 Å². The van der Waals surface area contributed by atoms with Crippen molar-refractivity contribution in [2.45, 2.75) is 0 Å². The molecule has 9 heteroatoms. The van der Waals surface area contributed by atoms with Crippen LogP contribution in [0.3, 0.4) is 0 Å². The molecule has 0 unspecified atom stereocenters. The van der Waals surface area contributed by atoms with E-state index in [0.717, 1.165) is 18.2 Å². The number of halogens is 4. The number of carbonyl (C=O) groups is 1. The van der Waals surface area contributed by atoms with Crippen LogP contribution in [0.15, 0.2) is 29.4 Å². The monoisotopic (exact) mass is 311 g/mol. The highest BCUT2D eigenvalue weighted by atomic mass is 19.2. The molecule has 0 atom stereocenters. The summed E-state index contributed by atoms with van der Waals surface area (Å²) in [6, 6.07) is 3.36. The minimum absolute atomic E-state index is 0.105. The Morgan fingerprint density at radius 3 is 2.32 bits per heavy atom. The van der Waals surface area contributed by atoms with Gasteiger partial charge in [0.05, 0.1) is 5.56 Å². The van der Waals surface area contributed by atoms with Crippen molar-refractivity contribution in [3.05, 3.63) is 63.5 Å². The lowest BCUT2D eigenvalue weighted by Gasteiger charge is -2.10. The fourth-order valence-corrected chi connectivity index (χ4v) is 1.82. The first-order valence-electron chi connectivity index (χ1n) is 5.62. The highest BCUT2D eigenvalue weighted by Gasteiger charge is 2.23. The van der Waals surface area contributed by atoms with Crippen molar-refractivity contribution in [1.29, 1.82) is 0 Å². The summed E-state index contributed by atoms with van der Waals surface area (Å²) in [6.07, 6.45) is 0. The van der Waals surface area contributed by atoms with E-state index in [9.17, 15) is 22.4 Å². The number of hydrogen-bond acceptors (Lipinski definition) is 2. The predicted molar refractivity (Wildman–Crippen MR) is 67.5 cm³/mol. The molecule has 22 heavy (non-hydrogen) atoms. The number of azide groups is 1. The number of rotatable bonds is 3. The Hall–Kier alpha value is -3.06. The molecule has 0 aromatic heterocycles. The molecule has 0 radical (unpaired) electrons. The number of carboxylic acid groups (broad SMARTS) is 1. The Morgan fingerprint density at radius 1 is 1.05 bits per heavy atom. The SMILES string of the molecule is [N-]=[N+]=Nc1ccc(C(=O)O)c(-c2cc(F)c(F)c(F)c2F)c1. The van der Waals surface area contributed by atoms with E-state index in [1.54, 1.807) is 0 Å². The summed E-state index contributed by atoms with van der Waals surface area (Å²) in [7, 11) is 0. The van der Waals surface area contributed by atoms with E-state index in [1.807, 2.05) is 0 Å². The van der Waals surface area contributed by atoms with Crippen molar-refractivity contribution in [3.63, 3.8) is 0 Å². The van der Waals surface area contributed by atoms with E-state index in [4.69, 9.17) is 10.6 Å². The number of benzene rings is 2. The van der Waals surface area contributed by atoms with Crippen LogP contribution in [-0.2, 0) is 0 Å². The molecule has 0 heterocycles. The molecule has 2 aromatic rings. The third-order valence-corrected chi connectivity index (χ3v) is 2.79. The van der Waals surface area contributed by atoms with Gasteiger partial charge in [0.2, 0.25) is 0 Å². The van der Waals surface area contributed by atoms with Crippen molar-refractivity contribution in [2.75, 3.05) is 0 Å². The third-order valence-electron chi connectivity index (χ3n) is 2.79. The van der Waals surface area contributed by atoms with E-state index in [0.29, 0.717) is 6.07 Å². The van der Waals surface area contributed by atoms with Crippen molar-refractivity contribution in [2.24, 2.45) is 5.11 Å². The lowest BCUT2D eigenvalue weighted by Crippen LogP contribution is -2.03. The fraction of sp³-hybridized carbons (Fsp3) is 0. The average Bonchev–Trinajstić information content (AvgIpc) is 2.49. The van der Waals surface area contributed by atoms with Crippen LogP contribution in [0.1, 0.15) is 10.4 Å². The van der Waals surface area contributed by atoms with Crippen LogP contribution in [-0.4, -0.2) is 11.1 Å². The Morgan fingerprint density at radius 2 is 1.73 bits per heavy atom. The van der Waals surface area contributed by atoms with Gasteiger partial charge in [0.25, 0.3) is 0 Å². The Labute approximate surface area is 120 Å². The van der Waals surface area contributed by atoms with Gasteiger partial charge in [-0.25, -0.2) is 22.4 Å². The molecule has 0 spiro atoms. The number of nitrogens with zero attached hydrogens (tertiary/aromatic N) is 3. The molecular weight excluding hydrogens is 306 g/mol. The fourth-order valence-electron chi connectivity index (χ4n) is 1.82. The quantitative estimate of drug-likeness (QED) is 0.225. The predicted octanol–water partition coefficient (Wildman–Crippen LogP) is 4.55. The zero-order valence-electron chi connectivity index (χ0n) is 10.5. The van der Waals surface area contributed by atoms with Gasteiger partial charge >= 0.3 is 5.97 Å². The van der Waals surface area contributed by atoms with Crippen LogP contribution in [0.2, 0.25) is 0 Å². The first-order valence-corrected chi connectivity index (χ1v) is 5.62. The van der Waals surface area contributed by atoms with Crippen molar-refractivity contribution in [1.82, 2.24) is 0 Å². The average molecular weight is 311 g/mol. The van der Waals surface area contributed by atoms with Crippen molar-refractivity contribution < 1.29 is 27.5 Å². The van der Waals surface area contributed by atoms with Gasteiger partial charge in [-0.3, -0.25) is 0 Å². The minimum Gasteiger partial charge on any atom is -0.478 e. The van der Waals surface area contributed by atoms with Crippen molar-refractivity contribution >= 4 is 11.7 Å². The standard InChI is InChI=1S/C13H5F4N3O2/c14-9-4-8(10(15)12(17)11(9)16)7-3-5(19-20-18)1-2-6(7)13(21)22/h1-4H,(H,21,22). The molecule has 112 valence electrons. The third kappa shape index (κ3) is 2.57. The van der Waals surface area contributed by atoms with E-state index in [1.165, 1.54) is 0 Å². The van der Waals surface area contributed by atoms with Gasteiger partial charge in [-0.2, -0.15) is 0 Å². The molecule has 1 N–H and O–H groups in total. The first-order chi connectivity index (χ1) is 10.4. The Kier molecular flexibility index (Phi) is 4.00.